The number of carbonyl (C=O) groups excluding carboxylic acids is 1. The zero-order valence-corrected chi connectivity index (χ0v) is 12.7. The van der Waals surface area contributed by atoms with Crippen molar-refractivity contribution in [3.63, 3.8) is 0 Å². The van der Waals surface area contributed by atoms with Gasteiger partial charge in [-0.1, -0.05) is 6.42 Å². The minimum Gasteiger partial charge on any atom is -0.481 e. The molecule has 0 radical (unpaired) electrons. The molecule has 0 bridgehead atoms. The minimum atomic E-state index is -0.839. The number of rotatable bonds is 6. The van der Waals surface area contributed by atoms with Gasteiger partial charge in [-0.05, 0) is 39.4 Å². The van der Waals surface area contributed by atoms with Gasteiger partial charge in [-0.3, -0.25) is 4.79 Å². The molecular weight excluding hydrogens is 264 g/mol. The Morgan fingerprint density at radius 1 is 1.37 bits per heavy atom. The normalized spacial score (nSPS) is 23.1. The van der Waals surface area contributed by atoms with Gasteiger partial charge < -0.3 is 15.7 Å². The summed E-state index contributed by atoms with van der Waals surface area (Å²) in [5.41, 5.74) is -0.504. The number of carboxylic acid groups (broad SMARTS) is 1. The first-order valence-corrected chi connectivity index (χ1v) is 7.96. The molecule has 0 heterocycles. The Balaban J connectivity index is 2.39. The number of carboxylic acids is 1. The SMILES string of the molecule is CSC1CCCC1NC(=O)NC(C)(C)CCC(=O)O. The number of hydrogen-bond acceptors (Lipinski definition) is 3. The van der Waals surface area contributed by atoms with Crippen LogP contribution in [0.2, 0.25) is 0 Å². The van der Waals surface area contributed by atoms with Gasteiger partial charge in [0.2, 0.25) is 0 Å². The van der Waals surface area contributed by atoms with Gasteiger partial charge in [0.1, 0.15) is 0 Å². The van der Waals surface area contributed by atoms with Crippen molar-refractivity contribution in [2.75, 3.05) is 6.26 Å². The lowest BCUT2D eigenvalue weighted by atomic mass is 9.99. The Kier molecular flexibility index (Phi) is 5.97. The van der Waals surface area contributed by atoms with E-state index in [0.29, 0.717) is 11.7 Å². The van der Waals surface area contributed by atoms with Crippen LogP contribution < -0.4 is 10.6 Å². The van der Waals surface area contributed by atoms with E-state index in [1.165, 1.54) is 0 Å². The second-order valence-electron chi connectivity index (χ2n) is 5.69. The average Bonchev–Trinajstić information content (AvgIpc) is 2.73. The second kappa shape index (κ2) is 7.03. The van der Waals surface area contributed by atoms with Gasteiger partial charge in [0.05, 0.1) is 0 Å². The summed E-state index contributed by atoms with van der Waals surface area (Å²) in [6, 6.07) is 0.0339. The molecule has 110 valence electrons. The molecule has 5 nitrogen and oxygen atoms in total. The van der Waals surface area contributed by atoms with Crippen LogP contribution in [-0.4, -0.2) is 40.2 Å². The van der Waals surface area contributed by atoms with Gasteiger partial charge in [-0.2, -0.15) is 11.8 Å². The zero-order valence-electron chi connectivity index (χ0n) is 11.9. The summed E-state index contributed by atoms with van der Waals surface area (Å²) >= 11 is 1.79. The number of hydrogen-bond donors (Lipinski definition) is 3. The van der Waals surface area contributed by atoms with Crippen molar-refractivity contribution < 1.29 is 14.7 Å². The van der Waals surface area contributed by atoms with Crippen molar-refractivity contribution in [1.29, 1.82) is 0 Å². The average molecular weight is 288 g/mol. The zero-order chi connectivity index (χ0) is 14.5. The lowest BCUT2D eigenvalue weighted by Crippen LogP contribution is -2.52. The Labute approximate surface area is 118 Å². The highest BCUT2D eigenvalue weighted by atomic mass is 32.2. The molecule has 2 atom stereocenters. The van der Waals surface area contributed by atoms with E-state index >= 15 is 0 Å². The van der Waals surface area contributed by atoms with Crippen LogP contribution in [0.4, 0.5) is 4.79 Å². The molecule has 0 saturated heterocycles. The highest BCUT2D eigenvalue weighted by Gasteiger charge is 2.29. The lowest BCUT2D eigenvalue weighted by Gasteiger charge is -2.28. The fourth-order valence-corrected chi connectivity index (χ4v) is 3.30. The van der Waals surface area contributed by atoms with Gasteiger partial charge in [0, 0.05) is 23.3 Å². The van der Waals surface area contributed by atoms with E-state index < -0.39 is 11.5 Å². The van der Waals surface area contributed by atoms with Crippen molar-refractivity contribution in [3.8, 4) is 0 Å². The van der Waals surface area contributed by atoms with Crippen molar-refractivity contribution >= 4 is 23.8 Å². The van der Waals surface area contributed by atoms with Crippen LogP contribution in [0.3, 0.4) is 0 Å². The highest BCUT2D eigenvalue weighted by molar-refractivity contribution is 7.99. The van der Waals surface area contributed by atoms with Crippen LogP contribution in [0, 0.1) is 0 Å². The van der Waals surface area contributed by atoms with Gasteiger partial charge in [-0.25, -0.2) is 4.79 Å². The summed E-state index contributed by atoms with van der Waals surface area (Å²) in [6.07, 6.45) is 5.87. The largest absolute Gasteiger partial charge is 0.481 e. The molecule has 0 aromatic rings. The van der Waals surface area contributed by atoms with Crippen LogP contribution in [0.25, 0.3) is 0 Å². The summed E-state index contributed by atoms with van der Waals surface area (Å²) in [5, 5.41) is 15.0. The number of urea groups is 1. The van der Waals surface area contributed by atoms with E-state index in [-0.39, 0.29) is 18.5 Å². The first-order chi connectivity index (χ1) is 8.84. The summed E-state index contributed by atoms with van der Waals surface area (Å²) in [6.45, 7) is 3.69. The first kappa shape index (κ1) is 16.1. The molecule has 0 aromatic carbocycles. The molecule has 2 amide bonds. The molecule has 19 heavy (non-hydrogen) atoms. The van der Waals surface area contributed by atoms with E-state index in [1.807, 2.05) is 13.8 Å². The summed E-state index contributed by atoms with van der Waals surface area (Å²) in [7, 11) is 0. The highest BCUT2D eigenvalue weighted by Crippen LogP contribution is 2.28. The van der Waals surface area contributed by atoms with Crippen LogP contribution in [0.15, 0.2) is 0 Å². The third kappa shape index (κ3) is 5.72. The van der Waals surface area contributed by atoms with Crippen LogP contribution in [0.1, 0.15) is 46.0 Å². The predicted octanol–water partition coefficient (Wildman–Crippen LogP) is 2.21. The van der Waals surface area contributed by atoms with Crippen LogP contribution >= 0.6 is 11.8 Å². The topological polar surface area (TPSA) is 78.4 Å². The van der Waals surface area contributed by atoms with E-state index in [2.05, 4.69) is 16.9 Å². The van der Waals surface area contributed by atoms with Gasteiger partial charge >= 0.3 is 12.0 Å². The molecule has 6 heteroatoms. The number of nitrogens with one attached hydrogen (secondary N) is 2. The van der Waals surface area contributed by atoms with Gasteiger partial charge in [0.25, 0.3) is 0 Å². The second-order valence-corrected chi connectivity index (χ2v) is 6.76. The van der Waals surface area contributed by atoms with E-state index in [4.69, 9.17) is 5.11 Å². The molecular formula is C13H24N2O3S. The molecule has 1 aliphatic carbocycles. The smallest absolute Gasteiger partial charge is 0.315 e. The molecule has 3 N–H and O–H groups in total. The number of thioether (sulfide) groups is 1. The van der Waals surface area contributed by atoms with Gasteiger partial charge in [-0.15, -0.1) is 0 Å². The maximum absolute atomic E-state index is 11.9. The first-order valence-electron chi connectivity index (χ1n) is 6.67. The Bertz CT molecular complexity index is 334. The number of carbonyl (C=O) groups is 2. The molecule has 1 fully saturated rings. The molecule has 1 rings (SSSR count). The Morgan fingerprint density at radius 2 is 2.05 bits per heavy atom. The molecule has 1 aliphatic rings. The summed E-state index contributed by atoms with van der Waals surface area (Å²) < 4.78 is 0. The molecule has 2 unspecified atom stereocenters. The Hall–Kier alpha value is -0.910. The molecule has 1 saturated carbocycles. The minimum absolute atomic E-state index is 0.0597. The van der Waals surface area contributed by atoms with E-state index in [9.17, 15) is 9.59 Å². The van der Waals surface area contributed by atoms with Crippen molar-refractivity contribution in [1.82, 2.24) is 10.6 Å². The summed E-state index contributed by atoms with van der Waals surface area (Å²) in [4.78, 5) is 22.5. The standard InChI is InChI=1S/C13H24N2O3S/c1-13(2,8-7-11(16)17)15-12(18)14-9-5-4-6-10(9)19-3/h9-10H,4-8H2,1-3H3,(H,16,17)(H2,14,15,18). The monoisotopic (exact) mass is 288 g/mol. The molecule has 0 spiro atoms. The van der Waals surface area contributed by atoms with Crippen molar-refractivity contribution in [2.24, 2.45) is 0 Å². The van der Waals surface area contributed by atoms with Crippen LogP contribution in [-0.2, 0) is 4.79 Å². The third-order valence-corrected chi connectivity index (χ3v) is 4.66. The van der Waals surface area contributed by atoms with Crippen LogP contribution in [0.5, 0.6) is 0 Å². The Morgan fingerprint density at radius 3 is 2.63 bits per heavy atom. The number of aliphatic carboxylic acids is 1. The maximum atomic E-state index is 11.9. The van der Waals surface area contributed by atoms with Crippen molar-refractivity contribution in [2.45, 2.75) is 62.8 Å². The quantitative estimate of drug-likeness (QED) is 0.700. The molecule has 0 aromatic heterocycles. The van der Waals surface area contributed by atoms with Crippen molar-refractivity contribution in [3.05, 3.63) is 0 Å². The maximum Gasteiger partial charge on any atom is 0.315 e. The fraction of sp³-hybridized carbons (Fsp3) is 0.846. The van der Waals surface area contributed by atoms with Gasteiger partial charge in [0.15, 0.2) is 0 Å². The predicted molar refractivity (Wildman–Crippen MR) is 77.6 cm³/mol. The fourth-order valence-electron chi connectivity index (χ4n) is 2.37. The summed E-state index contributed by atoms with van der Waals surface area (Å²) in [5.74, 6) is -0.839. The third-order valence-electron chi connectivity index (χ3n) is 3.49. The number of amides is 2. The van der Waals surface area contributed by atoms with E-state index in [0.717, 1.165) is 19.3 Å². The molecule has 0 aliphatic heterocycles. The lowest BCUT2D eigenvalue weighted by molar-refractivity contribution is -0.137. The van der Waals surface area contributed by atoms with E-state index in [1.54, 1.807) is 11.8 Å².